The molecule has 1 aliphatic heterocycles. The van der Waals surface area contributed by atoms with E-state index in [2.05, 4.69) is 38.2 Å². The number of fused-ring (bicyclic) bond motifs is 1. The molecule has 0 saturated heterocycles. The van der Waals surface area contributed by atoms with Crippen molar-refractivity contribution in [2.45, 2.75) is 39.7 Å². The minimum atomic E-state index is 0.591. The predicted octanol–water partition coefficient (Wildman–Crippen LogP) is 3.24. The normalized spacial score (nSPS) is 19.2. The number of rotatable bonds is 3. The van der Waals surface area contributed by atoms with E-state index < -0.39 is 0 Å². The van der Waals surface area contributed by atoms with Crippen LogP contribution >= 0.6 is 0 Å². The second kappa shape index (κ2) is 5.09. The highest BCUT2D eigenvalue weighted by atomic mass is 16.5. The van der Waals surface area contributed by atoms with Gasteiger partial charge in [-0.05, 0) is 36.5 Å². The number of hydrogen-bond acceptors (Lipinski definition) is 2. The Morgan fingerprint density at radius 3 is 2.82 bits per heavy atom. The van der Waals surface area contributed by atoms with Gasteiger partial charge in [-0.1, -0.05) is 19.9 Å². The fourth-order valence-electron chi connectivity index (χ4n) is 2.86. The summed E-state index contributed by atoms with van der Waals surface area (Å²) in [6, 6.07) is 4.28. The summed E-state index contributed by atoms with van der Waals surface area (Å²) in [4.78, 5) is 0. The fraction of sp³-hybridized carbons (Fsp3) is 0.600. The van der Waals surface area contributed by atoms with Gasteiger partial charge in [-0.2, -0.15) is 0 Å². The SMILES string of the molecule is COc1ccc(C)c2c1C(CC(C)C)CNC2. The molecule has 0 spiro atoms. The largest absolute Gasteiger partial charge is 0.496 e. The van der Waals surface area contributed by atoms with Crippen LogP contribution in [0.2, 0.25) is 0 Å². The second-order valence-corrected chi connectivity index (χ2v) is 5.43. The number of benzene rings is 1. The van der Waals surface area contributed by atoms with Crippen molar-refractivity contribution in [3.8, 4) is 5.75 Å². The van der Waals surface area contributed by atoms with Crippen molar-refractivity contribution in [3.63, 3.8) is 0 Å². The molecule has 0 bridgehead atoms. The molecule has 1 aromatic carbocycles. The zero-order valence-corrected chi connectivity index (χ0v) is 11.3. The molecule has 1 aromatic rings. The van der Waals surface area contributed by atoms with Gasteiger partial charge in [-0.15, -0.1) is 0 Å². The summed E-state index contributed by atoms with van der Waals surface area (Å²) in [5.74, 6) is 2.38. The van der Waals surface area contributed by atoms with Crippen molar-refractivity contribution < 1.29 is 4.74 Å². The van der Waals surface area contributed by atoms with E-state index in [1.165, 1.54) is 23.1 Å². The molecule has 1 aliphatic rings. The molecule has 0 aromatic heterocycles. The summed E-state index contributed by atoms with van der Waals surface area (Å²) >= 11 is 0. The van der Waals surface area contributed by atoms with Gasteiger partial charge in [0.25, 0.3) is 0 Å². The monoisotopic (exact) mass is 233 g/mol. The highest BCUT2D eigenvalue weighted by Gasteiger charge is 2.25. The molecule has 1 N–H and O–H groups in total. The van der Waals surface area contributed by atoms with Crippen molar-refractivity contribution in [2.24, 2.45) is 5.92 Å². The van der Waals surface area contributed by atoms with Crippen LogP contribution in [0, 0.1) is 12.8 Å². The Morgan fingerprint density at radius 1 is 1.41 bits per heavy atom. The average Bonchev–Trinajstić information content (AvgIpc) is 2.30. The number of ether oxygens (including phenoxy) is 1. The van der Waals surface area contributed by atoms with Gasteiger partial charge >= 0.3 is 0 Å². The third kappa shape index (κ3) is 2.47. The lowest BCUT2D eigenvalue weighted by atomic mass is 9.83. The molecule has 2 nitrogen and oxygen atoms in total. The Morgan fingerprint density at radius 2 is 2.18 bits per heavy atom. The van der Waals surface area contributed by atoms with E-state index in [1.807, 2.05) is 0 Å². The topological polar surface area (TPSA) is 21.3 Å². The molecule has 1 unspecified atom stereocenters. The number of aryl methyl sites for hydroxylation is 1. The van der Waals surface area contributed by atoms with Gasteiger partial charge in [-0.3, -0.25) is 0 Å². The summed E-state index contributed by atoms with van der Waals surface area (Å²) in [5, 5.41) is 3.53. The quantitative estimate of drug-likeness (QED) is 0.865. The van der Waals surface area contributed by atoms with E-state index in [0.717, 1.165) is 24.8 Å². The van der Waals surface area contributed by atoms with Gasteiger partial charge in [0.15, 0.2) is 0 Å². The third-order valence-corrected chi connectivity index (χ3v) is 3.63. The molecule has 1 heterocycles. The Balaban J connectivity index is 2.43. The number of hydrogen-bond donors (Lipinski definition) is 1. The lowest BCUT2D eigenvalue weighted by Gasteiger charge is -2.30. The van der Waals surface area contributed by atoms with Crippen LogP contribution in [-0.4, -0.2) is 13.7 Å². The highest BCUT2D eigenvalue weighted by molar-refractivity contribution is 5.48. The van der Waals surface area contributed by atoms with Crippen LogP contribution < -0.4 is 10.1 Å². The first-order valence-corrected chi connectivity index (χ1v) is 6.50. The van der Waals surface area contributed by atoms with Crippen molar-refractivity contribution in [3.05, 3.63) is 28.8 Å². The Hall–Kier alpha value is -1.02. The summed E-state index contributed by atoms with van der Waals surface area (Å²) < 4.78 is 5.55. The van der Waals surface area contributed by atoms with E-state index in [4.69, 9.17) is 4.74 Å². The lowest BCUT2D eigenvalue weighted by Crippen LogP contribution is -2.30. The lowest BCUT2D eigenvalue weighted by molar-refractivity contribution is 0.384. The summed E-state index contributed by atoms with van der Waals surface area (Å²) in [5.41, 5.74) is 4.27. The van der Waals surface area contributed by atoms with E-state index in [0.29, 0.717) is 5.92 Å². The molecule has 17 heavy (non-hydrogen) atoms. The van der Waals surface area contributed by atoms with Gasteiger partial charge in [0.2, 0.25) is 0 Å². The van der Waals surface area contributed by atoms with Crippen LogP contribution in [0.3, 0.4) is 0 Å². The summed E-state index contributed by atoms with van der Waals surface area (Å²) in [6.45, 7) is 8.82. The molecular weight excluding hydrogens is 210 g/mol. The zero-order valence-electron chi connectivity index (χ0n) is 11.3. The number of methoxy groups -OCH3 is 1. The number of nitrogens with one attached hydrogen (secondary N) is 1. The van der Waals surface area contributed by atoms with E-state index in [9.17, 15) is 0 Å². The molecule has 0 fully saturated rings. The van der Waals surface area contributed by atoms with Crippen molar-refractivity contribution in [1.82, 2.24) is 5.32 Å². The van der Waals surface area contributed by atoms with Crippen LogP contribution in [0.25, 0.3) is 0 Å². The molecular formula is C15H23NO. The molecule has 0 amide bonds. The van der Waals surface area contributed by atoms with E-state index in [1.54, 1.807) is 7.11 Å². The van der Waals surface area contributed by atoms with Crippen LogP contribution in [0.5, 0.6) is 5.75 Å². The zero-order chi connectivity index (χ0) is 12.4. The van der Waals surface area contributed by atoms with Gasteiger partial charge < -0.3 is 10.1 Å². The highest BCUT2D eigenvalue weighted by Crippen LogP contribution is 2.37. The maximum atomic E-state index is 5.55. The first-order valence-electron chi connectivity index (χ1n) is 6.50. The van der Waals surface area contributed by atoms with Crippen molar-refractivity contribution in [2.75, 3.05) is 13.7 Å². The maximum absolute atomic E-state index is 5.55. The first-order chi connectivity index (χ1) is 8.13. The van der Waals surface area contributed by atoms with Crippen molar-refractivity contribution in [1.29, 1.82) is 0 Å². The molecule has 0 saturated carbocycles. The minimum absolute atomic E-state index is 0.591. The predicted molar refractivity (Wildman–Crippen MR) is 71.6 cm³/mol. The van der Waals surface area contributed by atoms with Gasteiger partial charge in [-0.25, -0.2) is 0 Å². The average molecular weight is 233 g/mol. The van der Waals surface area contributed by atoms with Gasteiger partial charge in [0.05, 0.1) is 7.11 Å². The van der Waals surface area contributed by atoms with E-state index in [-0.39, 0.29) is 0 Å². The third-order valence-electron chi connectivity index (χ3n) is 3.63. The Labute approximate surface area is 104 Å². The molecule has 1 atom stereocenters. The minimum Gasteiger partial charge on any atom is -0.496 e. The Bertz CT molecular complexity index is 398. The molecule has 0 aliphatic carbocycles. The molecule has 0 radical (unpaired) electrons. The molecule has 2 heteroatoms. The van der Waals surface area contributed by atoms with Crippen LogP contribution in [0.4, 0.5) is 0 Å². The standard InChI is InChI=1S/C15H23NO/c1-10(2)7-12-8-16-9-13-11(3)5-6-14(17-4)15(12)13/h5-6,10,12,16H,7-9H2,1-4H3. The first kappa shape index (κ1) is 12.4. The molecule has 2 rings (SSSR count). The summed E-state index contributed by atoms with van der Waals surface area (Å²) in [6.07, 6.45) is 1.22. The second-order valence-electron chi connectivity index (χ2n) is 5.43. The Kier molecular flexibility index (Phi) is 3.72. The van der Waals surface area contributed by atoms with Crippen LogP contribution in [0.15, 0.2) is 12.1 Å². The summed E-state index contributed by atoms with van der Waals surface area (Å²) in [7, 11) is 1.78. The van der Waals surface area contributed by atoms with Crippen molar-refractivity contribution >= 4 is 0 Å². The maximum Gasteiger partial charge on any atom is 0.122 e. The fourth-order valence-corrected chi connectivity index (χ4v) is 2.86. The van der Waals surface area contributed by atoms with Gasteiger partial charge in [0.1, 0.15) is 5.75 Å². The van der Waals surface area contributed by atoms with E-state index >= 15 is 0 Å². The van der Waals surface area contributed by atoms with Crippen LogP contribution in [-0.2, 0) is 6.54 Å². The smallest absolute Gasteiger partial charge is 0.122 e. The van der Waals surface area contributed by atoms with Crippen LogP contribution in [0.1, 0.15) is 42.9 Å². The van der Waals surface area contributed by atoms with Gasteiger partial charge in [0, 0.05) is 24.6 Å². The molecule has 94 valence electrons.